The number of nitrogens with one attached hydrogen (secondary N) is 1. The number of carbonyl (C=O) groups is 1. The molecule has 0 amide bonds. The molecule has 0 atom stereocenters. The molecule has 3 aromatic rings. The quantitative estimate of drug-likeness (QED) is 0.407. The second-order valence-electron chi connectivity index (χ2n) is 10.1. The van der Waals surface area contributed by atoms with Crippen LogP contribution < -0.4 is 0 Å². The van der Waals surface area contributed by atoms with Crippen LogP contribution in [0.4, 0.5) is 0 Å². The Morgan fingerprint density at radius 3 is 2.38 bits per heavy atom. The predicted molar refractivity (Wildman–Crippen MR) is 139 cm³/mol. The summed E-state index contributed by atoms with van der Waals surface area (Å²) >= 11 is 0. The first-order valence-corrected chi connectivity index (χ1v) is 12.7. The van der Waals surface area contributed by atoms with Gasteiger partial charge in [0, 0.05) is 6.42 Å². The number of nitrogens with zero attached hydrogens (tertiary/aromatic N) is 1. The maximum atomic E-state index is 11.0. The number of aliphatic carboxylic acids is 1. The van der Waals surface area contributed by atoms with Gasteiger partial charge in [-0.2, -0.15) is 0 Å². The predicted octanol–water partition coefficient (Wildman–Crippen LogP) is 7.44. The lowest BCUT2D eigenvalue weighted by molar-refractivity contribution is -0.138. The highest BCUT2D eigenvalue weighted by atomic mass is 16.4. The van der Waals surface area contributed by atoms with Crippen molar-refractivity contribution in [2.45, 2.75) is 71.1 Å². The normalized spacial score (nSPS) is 20.8. The summed E-state index contributed by atoms with van der Waals surface area (Å²) in [6.07, 6.45) is 12.1. The van der Waals surface area contributed by atoms with E-state index in [-0.39, 0.29) is 0 Å². The number of rotatable bonds is 6. The van der Waals surface area contributed by atoms with Crippen LogP contribution in [0.2, 0.25) is 0 Å². The van der Waals surface area contributed by atoms with Gasteiger partial charge in [0.25, 0.3) is 0 Å². The van der Waals surface area contributed by atoms with Gasteiger partial charge in [0.05, 0.1) is 11.0 Å². The van der Waals surface area contributed by atoms with Crippen molar-refractivity contribution < 1.29 is 9.90 Å². The summed E-state index contributed by atoms with van der Waals surface area (Å²) in [5.41, 5.74) is 10.2. The van der Waals surface area contributed by atoms with Crippen molar-refractivity contribution in [1.29, 1.82) is 0 Å². The van der Waals surface area contributed by atoms with Crippen molar-refractivity contribution in [1.82, 2.24) is 9.97 Å². The van der Waals surface area contributed by atoms with E-state index >= 15 is 0 Å². The Kier molecular flexibility index (Phi) is 6.40. The van der Waals surface area contributed by atoms with Gasteiger partial charge in [-0.1, -0.05) is 43.3 Å². The fraction of sp³-hybridized carbons (Fsp3) is 0.400. The van der Waals surface area contributed by atoms with E-state index < -0.39 is 5.97 Å². The molecular weight excluding hydrogens is 420 g/mol. The lowest BCUT2D eigenvalue weighted by Crippen LogP contribution is -2.16. The molecule has 5 rings (SSSR count). The fourth-order valence-electron chi connectivity index (χ4n) is 5.73. The number of carboxylic acids is 1. The number of allylic oxidation sites excluding steroid dienone is 4. The zero-order valence-corrected chi connectivity index (χ0v) is 20.2. The molecule has 1 aromatic heterocycles. The Hall–Kier alpha value is -3.14. The van der Waals surface area contributed by atoms with Crippen LogP contribution in [0.15, 0.2) is 48.6 Å². The third-order valence-electron chi connectivity index (χ3n) is 7.84. The molecule has 0 spiro atoms. The summed E-state index contributed by atoms with van der Waals surface area (Å²) in [5, 5.41) is 9.03. The van der Waals surface area contributed by atoms with Crippen molar-refractivity contribution in [2.75, 3.05) is 0 Å². The molecule has 34 heavy (non-hydrogen) atoms. The van der Waals surface area contributed by atoms with Gasteiger partial charge in [-0.15, -0.1) is 0 Å². The maximum absolute atomic E-state index is 11.0. The van der Waals surface area contributed by atoms with Gasteiger partial charge in [-0.05, 0) is 109 Å². The van der Waals surface area contributed by atoms with Crippen LogP contribution >= 0.6 is 0 Å². The third-order valence-corrected chi connectivity index (χ3v) is 7.84. The van der Waals surface area contributed by atoms with Crippen LogP contribution in [-0.4, -0.2) is 21.0 Å². The number of fused-ring (bicyclic) bond motifs is 1. The zero-order valence-electron chi connectivity index (χ0n) is 20.2. The standard InChI is InChI=1S/C30H34N2O2/c1-3-21-18-28-27(16-19(21)2)31-30(32-28)26-14-12-25(13-15-26)24-10-8-23(9-11-24)22-6-4-20(5-7-22)17-29(33)34/h8-12,14,16,18,20,22H,3-7,13,15,17H2,1-2H3,(H,31,32)(H,33,34). The van der Waals surface area contributed by atoms with Crippen molar-refractivity contribution in [3.8, 4) is 0 Å². The molecule has 2 aliphatic carbocycles. The topological polar surface area (TPSA) is 66.0 Å². The SMILES string of the molecule is CCc1cc2nc(C3=CC=C(c4ccc(C5CCC(CC(=O)O)CC5)cc4)CC3)[nH]c2cc1C. The highest BCUT2D eigenvalue weighted by molar-refractivity contribution is 5.82. The van der Waals surface area contributed by atoms with Crippen LogP contribution in [-0.2, 0) is 11.2 Å². The van der Waals surface area contributed by atoms with E-state index in [0.717, 1.165) is 61.8 Å². The van der Waals surface area contributed by atoms with E-state index in [1.807, 2.05) is 0 Å². The summed E-state index contributed by atoms with van der Waals surface area (Å²) in [6, 6.07) is 13.5. The number of aryl methyl sites for hydroxylation is 2. The molecule has 0 radical (unpaired) electrons. The summed E-state index contributed by atoms with van der Waals surface area (Å²) < 4.78 is 0. The van der Waals surface area contributed by atoms with E-state index in [1.54, 1.807) is 0 Å². The van der Waals surface area contributed by atoms with E-state index in [4.69, 9.17) is 10.1 Å². The Bertz CT molecular complexity index is 1250. The molecular formula is C30H34N2O2. The Morgan fingerprint density at radius 2 is 1.74 bits per heavy atom. The molecule has 0 unspecified atom stereocenters. The van der Waals surface area contributed by atoms with Gasteiger partial charge < -0.3 is 10.1 Å². The van der Waals surface area contributed by atoms with Gasteiger partial charge >= 0.3 is 5.97 Å². The number of aromatic nitrogens is 2. The zero-order chi connectivity index (χ0) is 23.7. The first-order valence-electron chi connectivity index (χ1n) is 12.7. The average Bonchev–Trinajstić information content (AvgIpc) is 3.26. The number of H-pyrrole nitrogens is 1. The number of imidazole rings is 1. The van der Waals surface area contributed by atoms with Gasteiger partial charge in [-0.3, -0.25) is 4.79 Å². The van der Waals surface area contributed by atoms with Gasteiger partial charge in [0.1, 0.15) is 5.82 Å². The molecule has 2 N–H and O–H groups in total. The minimum absolute atomic E-state index is 0.322. The molecule has 0 aliphatic heterocycles. The first-order chi connectivity index (χ1) is 16.5. The molecule has 2 aliphatic rings. The second kappa shape index (κ2) is 9.61. The molecule has 176 valence electrons. The van der Waals surface area contributed by atoms with Gasteiger partial charge in [0.15, 0.2) is 0 Å². The second-order valence-corrected chi connectivity index (χ2v) is 10.1. The largest absolute Gasteiger partial charge is 0.481 e. The molecule has 2 aromatic carbocycles. The number of aromatic amines is 1. The van der Waals surface area contributed by atoms with Gasteiger partial charge in [-0.25, -0.2) is 4.98 Å². The average molecular weight is 455 g/mol. The van der Waals surface area contributed by atoms with Crippen molar-refractivity contribution in [3.63, 3.8) is 0 Å². The van der Waals surface area contributed by atoms with E-state index in [0.29, 0.717) is 18.3 Å². The molecule has 1 saturated carbocycles. The van der Waals surface area contributed by atoms with E-state index in [2.05, 4.69) is 67.4 Å². The highest BCUT2D eigenvalue weighted by Crippen LogP contribution is 2.38. The lowest BCUT2D eigenvalue weighted by atomic mass is 9.77. The van der Waals surface area contributed by atoms with Crippen LogP contribution in [0.1, 0.15) is 85.9 Å². The van der Waals surface area contributed by atoms with Crippen molar-refractivity contribution in [2.24, 2.45) is 5.92 Å². The summed E-state index contributed by atoms with van der Waals surface area (Å²) in [4.78, 5) is 19.4. The van der Waals surface area contributed by atoms with Gasteiger partial charge in [0.2, 0.25) is 0 Å². The smallest absolute Gasteiger partial charge is 0.303 e. The number of carboxylic acid groups (broad SMARTS) is 1. The minimum atomic E-state index is -0.660. The highest BCUT2D eigenvalue weighted by Gasteiger charge is 2.24. The number of hydrogen-bond donors (Lipinski definition) is 2. The lowest BCUT2D eigenvalue weighted by Gasteiger charge is -2.28. The van der Waals surface area contributed by atoms with E-state index in [1.165, 1.54) is 33.4 Å². The Labute approximate surface area is 201 Å². The molecule has 0 bridgehead atoms. The van der Waals surface area contributed by atoms with Crippen LogP contribution in [0, 0.1) is 12.8 Å². The molecule has 1 heterocycles. The third kappa shape index (κ3) is 4.72. The molecule has 4 heteroatoms. The fourth-order valence-corrected chi connectivity index (χ4v) is 5.73. The monoisotopic (exact) mass is 454 g/mol. The summed E-state index contributed by atoms with van der Waals surface area (Å²) in [5.74, 6) is 1.25. The van der Waals surface area contributed by atoms with Crippen molar-refractivity contribution in [3.05, 3.63) is 76.6 Å². The Balaban J connectivity index is 1.27. The summed E-state index contributed by atoms with van der Waals surface area (Å²) in [6.45, 7) is 4.36. The molecule has 0 saturated heterocycles. The molecule has 1 fully saturated rings. The first kappa shape index (κ1) is 22.6. The van der Waals surface area contributed by atoms with Crippen LogP contribution in [0.3, 0.4) is 0 Å². The van der Waals surface area contributed by atoms with Crippen molar-refractivity contribution >= 4 is 28.1 Å². The summed E-state index contributed by atoms with van der Waals surface area (Å²) in [7, 11) is 0. The minimum Gasteiger partial charge on any atom is -0.481 e. The number of benzene rings is 2. The molecule has 4 nitrogen and oxygen atoms in total. The van der Waals surface area contributed by atoms with E-state index in [9.17, 15) is 4.79 Å². The van der Waals surface area contributed by atoms with Crippen LogP contribution in [0.5, 0.6) is 0 Å². The number of hydrogen-bond acceptors (Lipinski definition) is 2. The Morgan fingerprint density at radius 1 is 1.03 bits per heavy atom. The van der Waals surface area contributed by atoms with Crippen LogP contribution in [0.25, 0.3) is 22.2 Å². The maximum Gasteiger partial charge on any atom is 0.303 e.